The molecule has 0 saturated carbocycles. The Morgan fingerprint density at radius 2 is 2.11 bits per heavy atom. The van der Waals surface area contributed by atoms with Crippen LogP contribution in [0.5, 0.6) is 0 Å². The van der Waals surface area contributed by atoms with E-state index in [0.717, 1.165) is 0 Å². The highest BCUT2D eigenvalue weighted by atomic mass is 19.1. The van der Waals surface area contributed by atoms with Gasteiger partial charge in [0.05, 0.1) is 12.3 Å². The summed E-state index contributed by atoms with van der Waals surface area (Å²) in [4.78, 5) is 13.5. The smallest absolute Gasteiger partial charge is 0.324 e. The molecule has 0 amide bonds. The number of benzene rings is 1. The van der Waals surface area contributed by atoms with Crippen LogP contribution in [0.15, 0.2) is 24.3 Å². The second kappa shape index (κ2) is 7.74. The van der Waals surface area contributed by atoms with Crippen molar-refractivity contribution < 1.29 is 13.9 Å². The maximum absolute atomic E-state index is 13.8. The van der Waals surface area contributed by atoms with Gasteiger partial charge < -0.3 is 15.0 Å². The summed E-state index contributed by atoms with van der Waals surface area (Å²) < 4.78 is 18.7. The maximum atomic E-state index is 13.8. The number of carbonyl (C=O) groups is 1. The van der Waals surface area contributed by atoms with Crippen LogP contribution < -0.4 is 10.2 Å². The third-order valence-corrected chi connectivity index (χ3v) is 2.90. The summed E-state index contributed by atoms with van der Waals surface area (Å²) >= 11 is 0. The van der Waals surface area contributed by atoms with Crippen LogP contribution in [0.2, 0.25) is 0 Å². The number of anilines is 1. The Balaban J connectivity index is 2.81. The minimum atomic E-state index is -0.473. The molecule has 0 bridgehead atoms. The molecule has 1 aromatic rings. The standard InChI is InChI=1S/C14H21FN2O2/c1-4-17(13-9-7-6-8-11(13)15)10-12(16-3)14(18)19-5-2/h6-9,12,16H,4-5,10H2,1-3H3. The molecule has 0 aromatic heterocycles. The number of hydrogen-bond donors (Lipinski definition) is 1. The highest BCUT2D eigenvalue weighted by molar-refractivity contribution is 5.76. The van der Waals surface area contributed by atoms with Crippen LogP contribution >= 0.6 is 0 Å². The Kier molecular flexibility index (Phi) is 6.29. The Morgan fingerprint density at radius 1 is 1.42 bits per heavy atom. The predicted octanol–water partition coefficient (Wildman–Crippen LogP) is 1.80. The summed E-state index contributed by atoms with van der Waals surface area (Å²) in [5, 5.41) is 2.90. The van der Waals surface area contributed by atoms with E-state index in [1.54, 1.807) is 32.2 Å². The van der Waals surface area contributed by atoms with Crippen LogP contribution in [-0.2, 0) is 9.53 Å². The van der Waals surface area contributed by atoms with Crippen molar-refractivity contribution in [2.75, 3.05) is 31.6 Å². The lowest BCUT2D eigenvalue weighted by Crippen LogP contribution is -2.45. The highest BCUT2D eigenvalue weighted by Crippen LogP contribution is 2.18. The summed E-state index contributed by atoms with van der Waals surface area (Å²) in [7, 11) is 1.69. The van der Waals surface area contributed by atoms with Gasteiger partial charge in [-0.25, -0.2) is 4.39 Å². The predicted molar refractivity (Wildman–Crippen MR) is 73.8 cm³/mol. The third kappa shape index (κ3) is 4.21. The highest BCUT2D eigenvalue weighted by Gasteiger charge is 2.21. The van der Waals surface area contributed by atoms with Crippen molar-refractivity contribution in [2.45, 2.75) is 19.9 Å². The number of hydrogen-bond acceptors (Lipinski definition) is 4. The molecule has 1 atom stereocenters. The van der Waals surface area contributed by atoms with Gasteiger partial charge >= 0.3 is 5.97 Å². The van der Waals surface area contributed by atoms with E-state index in [4.69, 9.17) is 4.74 Å². The van der Waals surface area contributed by atoms with E-state index in [0.29, 0.717) is 25.4 Å². The lowest BCUT2D eigenvalue weighted by molar-refractivity contribution is -0.145. The largest absolute Gasteiger partial charge is 0.465 e. The zero-order chi connectivity index (χ0) is 14.3. The van der Waals surface area contributed by atoms with Gasteiger partial charge in [0.1, 0.15) is 11.9 Å². The summed E-state index contributed by atoms with van der Waals surface area (Å²) in [6.07, 6.45) is 0. The van der Waals surface area contributed by atoms with E-state index in [-0.39, 0.29) is 11.8 Å². The summed E-state index contributed by atoms with van der Waals surface area (Å²) in [6, 6.07) is 6.07. The molecule has 0 fully saturated rings. The van der Waals surface area contributed by atoms with Crippen LogP contribution in [0.1, 0.15) is 13.8 Å². The van der Waals surface area contributed by atoms with Gasteiger partial charge in [0.2, 0.25) is 0 Å². The van der Waals surface area contributed by atoms with E-state index < -0.39 is 6.04 Å². The van der Waals surface area contributed by atoms with Crippen LogP contribution in [0.25, 0.3) is 0 Å². The van der Waals surface area contributed by atoms with E-state index in [2.05, 4.69) is 5.32 Å². The summed E-state index contributed by atoms with van der Waals surface area (Å²) in [5.74, 6) is -0.608. The van der Waals surface area contributed by atoms with E-state index in [1.807, 2.05) is 11.8 Å². The molecule has 0 heterocycles. The van der Waals surface area contributed by atoms with Gasteiger partial charge in [-0.05, 0) is 33.0 Å². The van der Waals surface area contributed by atoms with Crippen molar-refractivity contribution in [3.8, 4) is 0 Å². The minimum absolute atomic E-state index is 0.289. The van der Waals surface area contributed by atoms with Gasteiger partial charge in [-0.3, -0.25) is 4.79 Å². The van der Waals surface area contributed by atoms with Gasteiger partial charge in [0, 0.05) is 13.1 Å². The fourth-order valence-corrected chi connectivity index (χ4v) is 1.85. The number of rotatable bonds is 7. The second-order valence-electron chi connectivity index (χ2n) is 4.08. The molecule has 0 aliphatic carbocycles. The van der Waals surface area contributed by atoms with Gasteiger partial charge in [-0.1, -0.05) is 12.1 Å². The number of ether oxygens (including phenoxy) is 1. The Hall–Kier alpha value is -1.62. The molecule has 19 heavy (non-hydrogen) atoms. The number of para-hydroxylation sites is 1. The SMILES string of the molecule is CCOC(=O)C(CN(CC)c1ccccc1F)NC. The summed E-state index contributed by atoms with van der Waals surface area (Å²) in [5.41, 5.74) is 0.495. The topological polar surface area (TPSA) is 41.6 Å². The molecule has 0 radical (unpaired) electrons. The molecule has 106 valence electrons. The molecule has 4 nitrogen and oxygen atoms in total. The molecule has 0 aliphatic heterocycles. The van der Waals surface area contributed by atoms with E-state index in [9.17, 15) is 9.18 Å². The fraction of sp³-hybridized carbons (Fsp3) is 0.500. The Morgan fingerprint density at radius 3 is 2.63 bits per heavy atom. The molecule has 1 rings (SSSR count). The average molecular weight is 268 g/mol. The molecule has 1 N–H and O–H groups in total. The van der Waals surface area contributed by atoms with E-state index >= 15 is 0 Å². The number of esters is 1. The van der Waals surface area contributed by atoms with Crippen molar-refractivity contribution in [3.05, 3.63) is 30.1 Å². The van der Waals surface area contributed by atoms with Gasteiger partial charge in [0.25, 0.3) is 0 Å². The average Bonchev–Trinajstić information content (AvgIpc) is 2.41. The van der Waals surface area contributed by atoms with Crippen molar-refractivity contribution in [1.82, 2.24) is 5.32 Å². The normalized spacial score (nSPS) is 12.0. The zero-order valence-electron chi connectivity index (χ0n) is 11.6. The molecule has 0 saturated heterocycles. The quantitative estimate of drug-likeness (QED) is 0.766. The first-order chi connectivity index (χ1) is 9.13. The van der Waals surface area contributed by atoms with Crippen LogP contribution in [0.4, 0.5) is 10.1 Å². The van der Waals surface area contributed by atoms with Gasteiger partial charge in [-0.2, -0.15) is 0 Å². The van der Waals surface area contributed by atoms with Crippen molar-refractivity contribution >= 4 is 11.7 Å². The van der Waals surface area contributed by atoms with Crippen molar-refractivity contribution in [3.63, 3.8) is 0 Å². The van der Waals surface area contributed by atoms with Crippen LogP contribution in [0.3, 0.4) is 0 Å². The fourth-order valence-electron chi connectivity index (χ4n) is 1.85. The minimum Gasteiger partial charge on any atom is -0.465 e. The second-order valence-corrected chi connectivity index (χ2v) is 4.08. The zero-order valence-corrected chi connectivity index (χ0v) is 11.6. The van der Waals surface area contributed by atoms with Crippen LogP contribution in [0, 0.1) is 5.82 Å². The van der Waals surface area contributed by atoms with Gasteiger partial charge in [-0.15, -0.1) is 0 Å². The van der Waals surface area contributed by atoms with E-state index in [1.165, 1.54) is 6.07 Å². The monoisotopic (exact) mass is 268 g/mol. The lowest BCUT2D eigenvalue weighted by Gasteiger charge is -2.27. The molecular weight excluding hydrogens is 247 g/mol. The number of nitrogens with one attached hydrogen (secondary N) is 1. The number of halogens is 1. The first-order valence-corrected chi connectivity index (χ1v) is 6.47. The Labute approximate surface area is 113 Å². The number of carbonyl (C=O) groups excluding carboxylic acids is 1. The third-order valence-electron chi connectivity index (χ3n) is 2.90. The molecular formula is C14H21FN2O2. The maximum Gasteiger partial charge on any atom is 0.324 e. The van der Waals surface area contributed by atoms with Crippen molar-refractivity contribution in [2.24, 2.45) is 0 Å². The molecule has 1 aromatic carbocycles. The van der Waals surface area contributed by atoms with Crippen molar-refractivity contribution in [1.29, 1.82) is 0 Å². The lowest BCUT2D eigenvalue weighted by atomic mass is 10.2. The first-order valence-electron chi connectivity index (χ1n) is 6.47. The number of likely N-dealkylation sites (N-methyl/N-ethyl adjacent to an activating group) is 2. The molecule has 1 unspecified atom stereocenters. The van der Waals surface area contributed by atoms with Gasteiger partial charge in [0.15, 0.2) is 0 Å². The van der Waals surface area contributed by atoms with Crippen LogP contribution in [-0.4, -0.2) is 38.8 Å². The molecule has 5 heteroatoms. The summed E-state index contributed by atoms with van der Waals surface area (Å²) in [6.45, 7) is 5.00. The number of nitrogens with zero attached hydrogens (tertiary/aromatic N) is 1. The molecule has 0 aliphatic rings. The Bertz CT molecular complexity index is 412. The molecule has 0 spiro atoms. The first kappa shape index (κ1) is 15.4.